The lowest BCUT2D eigenvalue weighted by molar-refractivity contribution is -0.141. The minimum atomic E-state index is -1.51. The van der Waals surface area contributed by atoms with Gasteiger partial charge in [0.05, 0.1) is 12.5 Å². The van der Waals surface area contributed by atoms with Crippen molar-refractivity contribution in [2.45, 2.75) is 49.9 Å². The number of guanidine groups is 1. The molecule has 0 spiro atoms. The number of primary amides is 1. The summed E-state index contributed by atoms with van der Waals surface area (Å²) in [6.07, 6.45) is 1.62. The molecule has 40 heavy (non-hydrogen) atoms. The van der Waals surface area contributed by atoms with Crippen molar-refractivity contribution in [3.05, 3.63) is 36.0 Å². The number of nitrogens with zero attached hydrogens (tertiary/aromatic N) is 1. The summed E-state index contributed by atoms with van der Waals surface area (Å²) < 4.78 is 0. The number of H-pyrrole nitrogens is 1. The van der Waals surface area contributed by atoms with Crippen LogP contribution < -0.4 is 38.9 Å². The van der Waals surface area contributed by atoms with Gasteiger partial charge in [0.2, 0.25) is 23.6 Å². The van der Waals surface area contributed by atoms with E-state index in [0.29, 0.717) is 0 Å². The number of aromatic amines is 1. The van der Waals surface area contributed by atoms with E-state index in [2.05, 4.69) is 38.6 Å². The Kier molecular flexibility index (Phi) is 12.2. The van der Waals surface area contributed by atoms with Crippen molar-refractivity contribution < 1.29 is 29.1 Å². The summed E-state index contributed by atoms with van der Waals surface area (Å²) in [7, 11) is 0. The third-order valence-corrected chi connectivity index (χ3v) is 6.23. The van der Waals surface area contributed by atoms with Gasteiger partial charge in [0, 0.05) is 29.4 Å². The first kappa shape index (κ1) is 31.9. The molecular formula is C24H35N9O6S. The van der Waals surface area contributed by atoms with E-state index in [9.17, 15) is 29.1 Å². The highest BCUT2D eigenvalue weighted by molar-refractivity contribution is 7.80. The third-order valence-electron chi connectivity index (χ3n) is 5.87. The van der Waals surface area contributed by atoms with Crippen LogP contribution in [0.3, 0.4) is 0 Å². The topological polar surface area (TPSA) is 274 Å². The number of nitrogens with one attached hydrogen (secondary N) is 4. The zero-order chi connectivity index (χ0) is 29.8. The van der Waals surface area contributed by atoms with E-state index < -0.39 is 60.2 Å². The first-order valence-corrected chi connectivity index (χ1v) is 12.9. The summed E-state index contributed by atoms with van der Waals surface area (Å²) in [5.74, 6) is -5.10. The van der Waals surface area contributed by atoms with Crippen LogP contribution in [0.4, 0.5) is 0 Å². The highest BCUT2D eigenvalue weighted by Crippen LogP contribution is 2.18. The molecule has 4 atom stereocenters. The summed E-state index contributed by atoms with van der Waals surface area (Å²) >= 11 is 3.88. The van der Waals surface area contributed by atoms with Gasteiger partial charge in [0.1, 0.15) is 18.1 Å². The van der Waals surface area contributed by atoms with Crippen molar-refractivity contribution >= 4 is 59.1 Å². The van der Waals surface area contributed by atoms with Crippen molar-refractivity contribution in [1.29, 1.82) is 0 Å². The number of aromatic nitrogens is 1. The molecule has 4 amide bonds. The smallest absolute Gasteiger partial charge is 0.327 e. The molecule has 0 bridgehead atoms. The van der Waals surface area contributed by atoms with Crippen LogP contribution in [0.5, 0.6) is 0 Å². The highest BCUT2D eigenvalue weighted by Gasteiger charge is 2.31. The molecule has 0 radical (unpaired) electrons. The van der Waals surface area contributed by atoms with E-state index in [-0.39, 0.29) is 37.5 Å². The van der Waals surface area contributed by atoms with E-state index >= 15 is 0 Å². The van der Waals surface area contributed by atoms with Crippen LogP contribution >= 0.6 is 12.6 Å². The molecule has 1 aromatic carbocycles. The molecule has 2 aromatic rings. The molecule has 0 saturated carbocycles. The van der Waals surface area contributed by atoms with Gasteiger partial charge in [-0.3, -0.25) is 24.2 Å². The zero-order valence-electron chi connectivity index (χ0n) is 21.6. The van der Waals surface area contributed by atoms with Crippen LogP contribution in [0, 0.1) is 0 Å². The van der Waals surface area contributed by atoms with Gasteiger partial charge < -0.3 is 49.0 Å². The monoisotopic (exact) mass is 577 g/mol. The van der Waals surface area contributed by atoms with Gasteiger partial charge in [-0.25, -0.2) is 4.79 Å². The Morgan fingerprint density at radius 3 is 2.20 bits per heavy atom. The van der Waals surface area contributed by atoms with Crippen molar-refractivity contribution in [2.75, 3.05) is 12.3 Å². The number of nitrogens with two attached hydrogens (primary N) is 4. The van der Waals surface area contributed by atoms with E-state index in [1.807, 2.05) is 24.3 Å². The molecule has 4 unspecified atom stereocenters. The molecule has 16 heteroatoms. The van der Waals surface area contributed by atoms with Gasteiger partial charge in [-0.05, 0) is 30.9 Å². The number of hydrogen-bond donors (Lipinski definition) is 10. The summed E-state index contributed by atoms with van der Waals surface area (Å²) in [6.45, 7) is 0.150. The standard InChI is InChI=1S/C24H35N9O6S/c25-14(8-12-10-30-15-5-2-1-4-13(12)15)20(35)31-16(6-3-7-29-24(27)28)21(36)32-17(9-19(26)34)22(37)33-18(11-40)23(38)39/h1-2,4-5,10,14,16-18,30,40H,3,6-9,11,25H2,(H2,26,34)(H,31,35)(H,32,36)(H,33,37)(H,38,39)(H4,27,28,29). The minimum Gasteiger partial charge on any atom is -0.480 e. The number of benzene rings is 1. The van der Waals surface area contributed by atoms with Gasteiger partial charge in [-0.1, -0.05) is 18.2 Å². The Hall–Kier alpha value is -4.31. The number of thiol groups is 1. The number of amides is 4. The van der Waals surface area contributed by atoms with Gasteiger partial charge in [0.25, 0.3) is 0 Å². The van der Waals surface area contributed by atoms with Gasteiger partial charge in [-0.15, -0.1) is 0 Å². The van der Waals surface area contributed by atoms with Crippen molar-refractivity contribution in [2.24, 2.45) is 27.9 Å². The number of fused-ring (bicyclic) bond motifs is 1. The Morgan fingerprint density at radius 1 is 0.950 bits per heavy atom. The van der Waals surface area contributed by atoms with E-state index in [4.69, 9.17) is 22.9 Å². The Balaban J connectivity index is 2.17. The number of rotatable bonds is 16. The lowest BCUT2D eigenvalue weighted by atomic mass is 10.0. The molecule has 0 aliphatic carbocycles. The van der Waals surface area contributed by atoms with Gasteiger partial charge >= 0.3 is 5.97 Å². The molecule has 0 fully saturated rings. The minimum absolute atomic E-state index is 0.0491. The summed E-state index contributed by atoms with van der Waals surface area (Å²) in [4.78, 5) is 68.7. The molecule has 2 rings (SSSR count). The second-order valence-electron chi connectivity index (χ2n) is 8.99. The molecule has 0 aliphatic heterocycles. The van der Waals surface area contributed by atoms with Crippen LogP contribution in [-0.4, -0.2) is 82.1 Å². The number of carboxylic acids is 1. The molecule has 13 N–H and O–H groups in total. The summed E-state index contributed by atoms with van der Waals surface area (Å²) in [5, 5.41) is 17.2. The fourth-order valence-corrected chi connectivity index (χ4v) is 4.07. The number of hydrogen-bond acceptors (Lipinski definition) is 8. The van der Waals surface area contributed by atoms with Gasteiger partial charge in [-0.2, -0.15) is 12.6 Å². The van der Waals surface area contributed by atoms with Gasteiger partial charge in [0.15, 0.2) is 5.96 Å². The normalized spacial score (nSPS) is 13.8. The van der Waals surface area contributed by atoms with E-state index in [0.717, 1.165) is 16.5 Å². The number of carbonyl (C=O) groups is 5. The lowest BCUT2D eigenvalue weighted by Crippen LogP contribution is -2.58. The van der Waals surface area contributed by atoms with Crippen LogP contribution in [0.15, 0.2) is 35.5 Å². The number of para-hydroxylation sites is 1. The van der Waals surface area contributed by atoms with E-state index in [1.165, 1.54) is 0 Å². The van der Waals surface area contributed by atoms with Crippen LogP contribution in [0.2, 0.25) is 0 Å². The van der Waals surface area contributed by atoms with Crippen molar-refractivity contribution in [3.63, 3.8) is 0 Å². The number of carbonyl (C=O) groups excluding carboxylic acids is 4. The Labute approximate surface area is 235 Å². The fourth-order valence-electron chi connectivity index (χ4n) is 3.82. The number of aliphatic imine (C=N–C) groups is 1. The van der Waals surface area contributed by atoms with Crippen LogP contribution in [-0.2, 0) is 30.4 Å². The Morgan fingerprint density at radius 2 is 1.57 bits per heavy atom. The van der Waals surface area contributed by atoms with Crippen molar-refractivity contribution in [3.8, 4) is 0 Å². The second-order valence-corrected chi connectivity index (χ2v) is 9.36. The molecule has 1 heterocycles. The highest BCUT2D eigenvalue weighted by atomic mass is 32.1. The average Bonchev–Trinajstić information content (AvgIpc) is 3.30. The predicted octanol–water partition coefficient (Wildman–Crippen LogP) is -2.56. The van der Waals surface area contributed by atoms with Crippen molar-refractivity contribution in [1.82, 2.24) is 20.9 Å². The summed E-state index contributed by atoms with van der Waals surface area (Å²) in [6, 6.07) is 2.39. The first-order valence-electron chi connectivity index (χ1n) is 12.3. The molecule has 1 aromatic heterocycles. The number of carboxylic acid groups (broad SMARTS) is 1. The molecule has 0 saturated heterocycles. The maximum atomic E-state index is 13.2. The first-order chi connectivity index (χ1) is 18.9. The maximum Gasteiger partial charge on any atom is 0.327 e. The Bertz CT molecular complexity index is 1250. The van der Waals surface area contributed by atoms with E-state index in [1.54, 1.807) is 6.20 Å². The molecular weight excluding hydrogens is 542 g/mol. The molecule has 218 valence electrons. The lowest BCUT2D eigenvalue weighted by Gasteiger charge is -2.24. The third kappa shape index (κ3) is 9.77. The zero-order valence-corrected chi connectivity index (χ0v) is 22.5. The summed E-state index contributed by atoms with van der Waals surface area (Å²) in [5.41, 5.74) is 23.7. The SMILES string of the molecule is NC(=O)CC(NC(=O)C(CCCN=C(N)N)NC(=O)C(N)Cc1c[nH]c2ccccc12)C(=O)NC(CS)C(=O)O. The average molecular weight is 578 g/mol. The largest absolute Gasteiger partial charge is 0.480 e. The molecule has 15 nitrogen and oxygen atoms in total. The van der Waals surface area contributed by atoms with Crippen LogP contribution in [0.1, 0.15) is 24.8 Å². The number of aliphatic carboxylic acids is 1. The quantitative estimate of drug-likeness (QED) is 0.0434. The predicted molar refractivity (Wildman–Crippen MR) is 151 cm³/mol. The fraction of sp³-hybridized carbons (Fsp3) is 0.417. The maximum absolute atomic E-state index is 13.2. The molecule has 0 aliphatic rings. The second kappa shape index (κ2) is 15.3. The van der Waals surface area contributed by atoms with Crippen LogP contribution in [0.25, 0.3) is 10.9 Å².